The third kappa shape index (κ3) is 2.60. The molecule has 7 heteroatoms. The van der Waals surface area contributed by atoms with E-state index in [0.29, 0.717) is 22.2 Å². The molecule has 0 saturated heterocycles. The number of anilines is 1. The Morgan fingerprint density at radius 1 is 1.29 bits per heavy atom. The van der Waals surface area contributed by atoms with Crippen LogP contribution in [0, 0.1) is 17.7 Å². The Morgan fingerprint density at radius 2 is 2.14 bits per heavy atom. The zero-order valence-electron chi connectivity index (χ0n) is 15.3. The number of ether oxygens (including phenoxy) is 1. The average Bonchev–Trinajstić information content (AvgIpc) is 3.29. The molecule has 1 aromatic carbocycles. The number of nitrogens with zero attached hydrogens (tertiary/aromatic N) is 2. The monoisotopic (exact) mass is 398 g/mol. The number of rotatable bonds is 2. The van der Waals surface area contributed by atoms with Crippen molar-refractivity contribution in [2.24, 2.45) is 11.8 Å². The van der Waals surface area contributed by atoms with Gasteiger partial charge in [-0.1, -0.05) is 19.1 Å². The number of Topliss-reactive ketones (excluding diaryl/α,β-unsaturated/α-hetero) is 1. The van der Waals surface area contributed by atoms with Gasteiger partial charge in [-0.3, -0.25) is 14.5 Å². The standard InChI is InChI=1S/C21H19FN2O3S/c1-11-5-6-15-14(9-11)18(25)16-17(12-3-2-4-13(22)10-12)24(20(26)19(16)27-15)21-23-7-8-28-21/h2-4,7-8,10-11,14-15,17H,5-6,9H2,1H3. The molecule has 0 radical (unpaired) electrons. The van der Waals surface area contributed by atoms with Crippen LogP contribution >= 0.6 is 11.3 Å². The Hall–Kier alpha value is -2.54. The van der Waals surface area contributed by atoms with Gasteiger partial charge in [-0.25, -0.2) is 9.37 Å². The Bertz CT molecular complexity index is 987. The van der Waals surface area contributed by atoms with Crippen molar-refractivity contribution < 1.29 is 18.7 Å². The molecule has 144 valence electrons. The van der Waals surface area contributed by atoms with Gasteiger partial charge in [0.15, 0.2) is 16.7 Å². The fraction of sp³-hybridized carbons (Fsp3) is 0.381. The van der Waals surface area contributed by atoms with E-state index in [1.54, 1.807) is 23.7 Å². The quantitative estimate of drug-likeness (QED) is 0.766. The first-order valence-corrected chi connectivity index (χ1v) is 10.4. The summed E-state index contributed by atoms with van der Waals surface area (Å²) >= 11 is 1.31. The van der Waals surface area contributed by atoms with Gasteiger partial charge in [0, 0.05) is 11.6 Å². The number of thiazole rings is 1. The minimum atomic E-state index is -0.713. The van der Waals surface area contributed by atoms with Gasteiger partial charge >= 0.3 is 0 Å². The molecule has 5 nitrogen and oxygen atoms in total. The minimum Gasteiger partial charge on any atom is -0.483 e. The highest BCUT2D eigenvalue weighted by Gasteiger charge is 2.53. The molecule has 0 spiro atoms. The lowest BCUT2D eigenvalue weighted by atomic mass is 9.74. The van der Waals surface area contributed by atoms with Gasteiger partial charge in [0.2, 0.25) is 0 Å². The first-order valence-electron chi connectivity index (χ1n) is 9.48. The number of ketones is 1. The van der Waals surface area contributed by atoms with Crippen molar-refractivity contribution in [3.63, 3.8) is 0 Å². The van der Waals surface area contributed by atoms with E-state index in [-0.39, 0.29) is 29.5 Å². The summed E-state index contributed by atoms with van der Waals surface area (Å²) in [6.07, 6.45) is 3.85. The molecule has 0 N–H and O–H groups in total. The molecule has 1 aliphatic carbocycles. The Kier molecular flexibility index (Phi) is 4.08. The van der Waals surface area contributed by atoms with Crippen molar-refractivity contribution in [2.75, 3.05) is 4.90 Å². The molecular weight excluding hydrogens is 379 g/mol. The SMILES string of the molecule is CC1CCC2OC3=C(C(=O)C2C1)C(c1cccc(F)c1)N(c1nccs1)C3=O. The predicted octanol–water partition coefficient (Wildman–Crippen LogP) is 4.03. The molecule has 2 aliphatic heterocycles. The van der Waals surface area contributed by atoms with Gasteiger partial charge in [0.25, 0.3) is 5.91 Å². The highest BCUT2D eigenvalue weighted by atomic mass is 32.1. The summed E-state index contributed by atoms with van der Waals surface area (Å²) in [6, 6.07) is 5.34. The lowest BCUT2D eigenvalue weighted by Crippen LogP contribution is -2.41. The maximum atomic E-state index is 14.0. The second kappa shape index (κ2) is 6.51. The number of carbonyl (C=O) groups excluding carboxylic acids is 2. The summed E-state index contributed by atoms with van der Waals surface area (Å²) in [6.45, 7) is 2.14. The van der Waals surface area contributed by atoms with E-state index in [1.807, 2.05) is 0 Å². The number of hydrogen-bond donors (Lipinski definition) is 0. The summed E-state index contributed by atoms with van der Waals surface area (Å²) in [5, 5.41) is 2.24. The number of hydrogen-bond acceptors (Lipinski definition) is 5. The minimum absolute atomic E-state index is 0.0422. The van der Waals surface area contributed by atoms with Gasteiger partial charge in [0.05, 0.1) is 17.5 Å². The van der Waals surface area contributed by atoms with Gasteiger partial charge in [-0.2, -0.15) is 0 Å². The van der Waals surface area contributed by atoms with E-state index < -0.39 is 11.9 Å². The molecule has 2 aromatic rings. The molecule has 1 amide bonds. The molecule has 4 unspecified atom stereocenters. The van der Waals surface area contributed by atoms with Crippen molar-refractivity contribution in [3.8, 4) is 0 Å². The molecule has 3 heterocycles. The summed E-state index contributed by atoms with van der Waals surface area (Å²) < 4.78 is 20.1. The lowest BCUT2D eigenvalue weighted by Gasteiger charge is -2.37. The highest BCUT2D eigenvalue weighted by Crippen LogP contribution is 2.49. The average molecular weight is 398 g/mol. The van der Waals surface area contributed by atoms with Crippen molar-refractivity contribution >= 4 is 28.2 Å². The Labute approximate surface area is 165 Å². The zero-order valence-corrected chi connectivity index (χ0v) is 16.1. The molecule has 0 bridgehead atoms. The number of carbonyl (C=O) groups is 2. The summed E-state index contributed by atoms with van der Waals surface area (Å²) in [5.41, 5.74) is 0.897. The highest BCUT2D eigenvalue weighted by molar-refractivity contribution is 7.13. The maximum Gasteiger partial charge on any atom is 0.296 e. The van der Waals surface area contributed by atoms with Crippen LogP contribution in [-0.2, 0) is 14.3 Å². The number of benzene rings is 1. The second-order valence-electron chi connectivity index (χ2n) is 7.74. The largest absolute Gasteiger partial charge is 0.483 e. The van der Waals surface area contributed by atoms with Crippen LogP contribution in [0.2, 0.25) is 0 Å². The Balaban J connectivity index is 1.65. The van der Waals surface area contributed by atoms with Gasteiger partial charge in [0.1, 0.15) is 11.9 Å². The molecule has 1 saturated carbocycles. The van der Waals surface area contributed by atoms with Crippen molar-refractivity contribution in [3.05, 3.63) is 58.6 Å². The van der Waals surface area contributed by atoms with Crippen LogP contribution in [0.4, 0.5) is 9.52 Å². The van der Waals surface area contributed by atoms with Crippen LogP contribution in [0.3, 0.4) is 0 Å². The molecule has 4 atom stereocenters. The predicted molar refractivity (Wildman–Crippen MR) is 102 cm³/mol. The van der Waals surface area contributed by atoms with E-state index in [0.717, 1.165) is 19.3 Å². The number of halogens is 1. The van der Waals surface area contributed by atoms with Crippen LogP contribution in [0.25, 0.3) is 0 Å². The number of amides is 1. The summed E-state index contributed by atoms with van der Waals surface area (Å²) in [7, 11) is 0. The number of fused-ring (bicyclic) bond motifs is 1. The van der Waals surface area contributed by atoms with E-state index in [9.17, 15) is 14.0 Å². The second-order valence-corrected chi connectivity index (χ2v) is 8.61. The Morgan fingerprint density at radius 3 is 2.89 bits per heavy atom. The lowest BCUT2D eigenvalue weighted by molar-refractivity contribution is -0.132. The zero-order chi connectivity index (χ0) is 19.4. The topological polar surface area (TPSA) is 59.5 Å². The van der Waals surface area contributed by atoms with Crippen molar-refractivity contribution in [1.82, 2.24) is 4.98 Å². The van der Waals surface area contributed by atoms with Crippen molar-refractivity contribution in [1.29, 1.82) is 0 Å². The number of aromatic nitrogens is 1. The third-order valence-electron chi connectivity index (χ3n) is 5.90. The van der Waals surface area contributed by atoms with Gasteiger partial charge < -0.3 is 4.74 Å². The smallest absolute Gasteiger partial charge is 0.296 e. The summed E-state index contributed by atoms with van der Waals surface area (Å²) in [5.74, 6) is -0.515. The van der Waals surface area contributed by atoms with Crippen LogP contribution in [0.1, 0.15) is 37.8 Å². The van der Waals surface area contributed by atoms with E-state index in [4.69, 9.17) is 4.74 Å². The van der Waals surface area contributed by atoms with Gasteiger partial charge in [-0.15, -0.1) is 11.3 Å². The fourth-order valence-electron chi connectivity index (χ4n) is 4.60. The normalized spacial score (nSPS) is 29.6. The van der Waals surface area contributed by atoms with E-state index in [1.165, 1.54) is 28.4 Å². The first kappa shape index (κ1) is 17.6. The molecule has 1 fully saturated rings. The van der Waals surface area contributed by atoms with Crippen LogP contribution in [0.5, 0.6) is 0 Å². The van der Waals surface area contributed by atoms with Crippen LogP contribution in [0.15, 0.2) is 47.2 Å². The maximum absolute atomic E-state index is 14.0. The van der Waals surface area contributed by atoms with Gasteiger partial charge in [-0.05, 0) is 42.9 Å². The summed E-state index contributed by atoms with van der Waals surface area (Å²) in [4.78, 5) is 32.5. The van der Waals surface area contributed by atoms with Crippen molar-refractivity contribution in [2.45, 2.75) is 38.3 Å². The van der Waals surface area contributed by atoms with Crippen LogP contribution < -0.4 is 4.90 Å². The molecule has 1 aromatic heterocycles. The first-order chi connectivity index (χ1) is 13.5. The fourth-order valence-corrected chi connectivity index (χ4v) is 5.27. The van der Waals surface area contributed by atoms with E-state index in [2.05, 4.69) is 11.9 Å². The molecule has 28 heavy (non-hydrogen) atoms. The third-order valence-corrected chi connectivity index (χ3v) is 6.67. The molecular formula is C21H19FN2O3S. The van der Waals surface area contributed by atoms with Crippen LogP contribution in [-0.4, -0.2) is 22.8 Å². The van der Waals surface area contributed by atoms with E-state index >= 15 is 0 Å². The molecule has 5 rings (SSSR count). The molecule has 3 aliphatic rings.